The fraction of sp³-hybridized carbons (Fsp3) is 0.250. The second-order valence-electron chi connectivity index (χ2n) is 3.46. The average Bonchev–Trinajstić information content (AvgIpc) is 2.26. The number of alkyl halides is 3. The Balaban J connectivity index is 2.46. The number of benzene rings is 1. The van der Waals surface area contributed by atoms with Crippen LogP contribution in [0.5, 0.6) is 0 Å². The molecule has 2 nitrogen and oxygen atoms in total. The van der Waals surface area contributed by atoms with Crippen LogP contribution in [0.2, 0.25) is 0 Å². The third-order valence-electron chi connectivity index (χ3n) is 1.92. The van der Waals surface area contributed by atoms with Gasteiger partial charge < -0.3 is 4.74 Å². The van der Waals surface area contributed by atoms with Gasteiger partial charge in [0, 0.05) is 12.0 Å². The highest BCUT2D eigenvalue weighted by atomic mass is 19.4. The molecule has 1 aromatic rings. The van der Waals surface area contributed by atoms with E-state index in [-0.39, 0.29) is 12.0 Å². The fourth-order valence-electron chi connectivity index (χ4n) is 1.16. The Hall–Kier alpha value is -1.78. The molecule has 0 saturated heterocycles. The van der Waals surface area contributed by atoms with E-state index in [0.717, 1.165) is 5.56 Å². The number of rotatable bonds is 4. The first-order valence-electron chi connectivity index (χ1n) is 4.84. The van der Waals surface area contributed by atoms with Crippen LogP contribution < -0.4 is 0 Å². The molecule has 1 rings (SSSR count). The van der Waals surface area contributed by atoms with Crippen molar-refractivity contribution < 1.29 is 22.7 Å². The van der Waals surface area contributed by atoms with Crippen LogP contribution in [-0.2, 0) is 16.0 Å². The number of hydrogen-bond donors (Lipinski definition) is 0. The molecule has 0 fully saturated rings. The van der Waals surface area contributed by atoms with Crippen molar-refractivity contribution in [3.05, 3.63) is 48.0 Å². The van der Waals surface area contributed by atoms with Gasteiger partial charge in [-0.25, -0.2) is 4.79 Å². The Labute approximate surface area is 96.7 Å². The third kappa shape index (κ3) is 5.19. The SMILES string of the molecule is C=C(Cc1ccccc1)C(=O)OCC(F)(F)F. The molecule has 17 heavy (non-hydrogen) atoms. The molecule has 0 N–H and O–H groups in total. The molecule has 0 amide bonds. The van der Waals surface area contributed by atoms with Crippen LogP contribution in [0.4, 0.5) is 13.2 Å². The molecule has 1 aromatic carbocycles. The monoisotopic (exact) mass is 244 g/mol. The van der Waals surface area contributed by atoms with Gasteiger partial charge in [0.1, 0.15) is 0 Å². The van der Waals surface area contributed by atoms with Crippen LogP contribution in [0.1, 0.15) is 5.56 Å². The minimum absolute atomic E-state index is 0.000417. The summed E-state index contributed by atoms with van der Waals surface area (Å²) in [5.74, 6) is -1.02. The highest BCUT2D eigenvalue weighted by molar-refractivity contribution is 5.88. The molecule has 0 heterocycles. The molecule has 0 aromatic heterocycles. The predicted molar refractivity (Wildman–Crippen MR) is 56.3 cm³/mol. The summed E-state index contributed by atoms with van der Waals surface area (Å²) in [5, 5.41) is 0. The smallest absolute Gasteiger partial charge is 0.422 e. The van der Waals surface area contributed by atoms with E-state index >= 15 is 0 Å². The topological polar surface area (TPSA) is 26.3 Å². The lowest BCUT2D eigenvalue weighted by Crippen LogP contribution is -2.21. The first kappa shape index (κ1) is 13.3. The Kier molecular flexibility index (Phi) is 4.31. The Morgan fingerprint density at radius 1 is 1.24 bits per heavy atom. The summed E-state index contributed by atoms with van der Waals surface area (Å²) in [6.07, 6.45) is -4.33. The van der Waals surface area contributed by atoms with Gasteiger partial charge >= 0.3 is 12.1 Å². The highest BCUT2D eigenvalue weighted by Gasteiger charge is 2.29. The van der Waals surface area contributed by atoms with Gasteiger partial charge in [0.2, 0.25) is 0 Å². The quantitative estimate of drug-likeness (QED) is 0.601. The van der Waals surface area contributed by atoms with E-state index in [9.17, 15) is 18.0 Å². The zero-order valence-electron chi connectivity index (χ0n) is 8.96. The molecule has 0 aliphatic heterocycles. The van der Waals surface area contributed by atoms with E-state index in [1.165, 1.54) is 0 Å². The van der Waals surface area contributed by atoms with Crippen molar-refractivity contribution in [2.24, 2.45) is 0 Å². The molecular weight excluding hydrogens is 233 g/mol. The van der Waals surface area contributed by atoms with E-state index < -0.39 is 18.8 Å². The predicted octanol–water partition coefficient (Wildman–Crippen LogP) is 2.89. The lowest BCUT2D eigenvalue weighted by molar-refractivity contribution is -0.183. The van der Waals surface area contributed by atoms with Gasteiger partial charge in [0.05, 0.1) is 0 Å². The zero-order valence-corrected chi connectivity index (χ0v) is 8.96. The van der Waals surface area contributed by atoms with Crippen molar-refractivity contribution in [3.63, 3.8) is 0 Å². The molecule has 0 aliphatic rings. The Morgan fingerprint density at radius 2 is 1.82 bits per heavy atom. The van der Waals surface area contributed by atoms with E-state index in [1.54, 1.807) is 30.3 Å². The van der Waals surface area contributed by atoms with E-state index in [4.69, 9.17) is 0 Å². The number of carbonyl (C=O) groups is 1. The molecule has 0 spiro atoms. The fourth-order valence-corrected chi connectivity index (χ4v) is 1.16. The Bertz CT molecular complexity index is 396. The van der Waals surface area contributed by atoms with Crippen molar-refractivity contribution in [3.8, 4) is 0 Å². The summed E-state index contributed by atoms with van der Waals surface area (Å²) in [7, 11) is 0. The van der Waals surface area contributed by atoms with Crippen molar-refractivity contribution in [2.75, 3.05) is 6.61 Å². The minimum atomic E-state index is -4.51. The number of esters is 1. The van der Waals surface area contributed by atoms with E-state index in [0.29, 0.717) is 0 Å². The largest absolute Gasteiger partial charge is 0.453 e. The second kappa shape index (κ2) is 5.52. The van der Waals surface area contributed by atoms with Gasteiger partial charge in [-0.3, -0.25) is 0 Å². The molecule has 0 atom stereocenters. The number of halogens is 3. The van der Waals surface area contributed by atoms with E-state index in [2.05, 4.69) is 11.3 Å². The third-order valence-corrected chi connectivity index (χ3v) is 1.92. The van der Waals surface area contributed by atoms with Gasteiger partial charge in [0.25, 0.3) is 0 Å². The summed E-state index contributed by atoms with van der Waals surface area (Å²) in [4.78, 5) is 11.2. The van der Waals surface area contributed by atoms with Gasteiger partial charge in [0.15, 0.2) is 6.61 Å². The van der Waals surface area contributed by atoms with Gasteiger partial charge in [-0.05, 0) is 5.56 Å². The molecule has 0 saturated carbocycles. The summed E-state index contributed by atoms with van der Waals surface area (Å²) in [6.45, 7) is 1.82. The summed E-state index contributed by atoms with van der Waals surface area (Å²) < 4.78 is 39.5. The van der Waals surface area contributed by atoms with Crippen molar-refractivity contribution in [1.82, 2.24) is 0 Å². The maximum Gasteiger partial charge on any atom is 0.422 e. The van der Waals surface area contributed by atoms with Crippen LogP contribution in [0.3, 0.4) is 0 Å². The van der Waals surface area contributed by atoms with Gasteiger partial charge in [-0.2, -0.15) is 13.2 Å². The summed E-state index contributed by atoms with van der Waals surface area (Å²) >= 11 is 0. The molecule has 0 aliphatic carbocycles. The van der Waals surface area contributed by atoms with Crippen molar-refractivity contribution >= 4 is 5.97 Å². The zero-order chi connectivity index (χ0) is 12.9. The van der Waals surface area contributed by atoms with Crippen LogP contribution in [-0.4, -0.2) is 18.8 Å². The molecular formula is C12H11F3O2. The number of ether oxygens (including phenoxy) is 1. The highest BCUT2D eigenvalue weighted by Crippen LogP contribution is 2.16. The first-order valence-corrected chi connectivity index (χ1v) is 4.84. The van der Waals surface area contributed by atoms with Crippen LogP contribution in [0.25, 0.3) is 0 Å². The normalized spacial score (nSPS) is 11.0. The van der Waals surface area contributed by atoms with Crippen LogP contribution in [0.15, 0.2) is 42.5 Å². The molecule has 5 heteroatoms. The molecule has 0 radical (unpaired) electrons. The van der Waals surface area contributed by atoms with Crippen LogP contribution >= 0.6 is 0 Å². The standard InChI is InChI=1S/C12H11F3O2/c1-9(7-10-5-3-2-4-6-10)11(16)17-8-12(13,14)15/h2-6H,1,7-8H2. The van der Waals surface area contributed by atoms with Gasteiger partial charge in [-0.1, -0.05) is 36.9 Å². The average molecular weight is 244 g/mol. The van der Waals surface area contributed by atoms with Crippen LogP contribution in [0, 0.1) is 0 Å². The van der Waals surface area contributed by atoms with E-state index in [1.807, 2.05) is 0 Å². The second-order valence-corrected chi connectivity index (χ2v) is 3.46. The summed E-state index contributed by atoms with van der Waals surface area (Å²) in [5.41, 5.74) is 0.793. The van der Waals surface area contributed by atoms with Crippen molar-refractivity contribution in [1.29, 1.82) is 0 Å². The number of carbonyl (C=O) groups excluding carboxylic acids is 1. The summed E-state index contributed by atoms with van der Waals surface area (Å²) in [6, 6.07) is 8.84. The maximum absolute atomic E-state index is 11.8. The molecule has 0 bridgehead atoms. The Morgan fingerprint density at radius 3 is 2.35 bits per heavy atom. The number of hydrogen-bond acceptors (Lipinski definition) is 2. The molecule has 0 unspecified atom stereocenters. The lowest BCUT2D eigenvalue weighted by Gasteiger charge is -2.09. The van der Waals surface area contributed by atoms with Crippen molar-refractivity contribution in [2.45, 2.75) is 12.6 Å². The first-order chi connectivity index (χ1) is 7.88. The van der Waals surface area contributed by atoms with Gasteiger partial charge in [-0.15, -0.1) is 0 Å². The lowest BCUT2D eigenvalue weighted by atomic mass is 10.1. The maximum atomic E-state index is 11.8. The minimum Gasteiger partial charge on any atom is -0.453 e. The molecule has 92 valence electrons.